The number of carbonyl (C=O) groups is 2. The number of methoxy groups -OCH3 is 2. The van der Waals surface area contributed by atoms with E-state index in [1.165, 1.54) is 14.2 Å². The molecule has 2 rings (SSSR count). The third kappa shape index (κ3) is 2.66. The summed E-state index contributed by atoms with van der Waals surface area (Å²) in [6.07, 6.45) is 0. The van der Waals surface area contributed by atoms with Crippen molar-refractivity contribution in [2.24, 2.45) is 17.3 Å². The monoisotopic (exact) mass is 293 g/mol. The molecule has 0 aliphatic heterocycles. The molecule has 2 N–H and O–H groups in total. The molecule has 6 nitrogen and oxygen atoms in total. The van der Waals surface area contributed by atoms with E-state index in [9.17, 15) is 9.59 Å². The molecule has 0 unspecified atom stereocenters. The van der Waals surface area contributed by atoms with Gasteiger partial charge < -0.3 is 19.9 Å². The molecule has 0 heterocycles. The number of anilines is 1. The Kier molecular flexibility index (Phi) is 3.80. The first-order chi connectivity index (χ1) is 9.82. The van der Waals surface area contributed by atoms with Gasteiger partial charge in [-0.2, -0.15) is 0 Å². The summed E-state index contributed by atoms with van der Waals surface area (Å²) in [4.78, 5) is 23.3. The fraction of sp³-hybridized carbons (Fsp3) is 0.467. The average Bonchev–Trinajstić information content (AvgIpc) is 3.01. The summed E-state index contributed by atoms with van der Waals surface area (Å²) in [7, 11) is 3.04. The van der Waals surface area contributed by atoms with Crippen molar-refractivity contribution in [3.63, 3.8) is 0 Å². The highest BCUT2D eigenvalue weighted by molar-refractivity contribution is 5.99. The smallest absolute Gasteiger partial charge is 0.307 e. The summed E-state index contributed by atoms with van der Waals surface area (Å²) < 4.78 is 10.3. The molecule has 21 heavy (non-hydrogen) atoms. The zero-order valence-electron chi connectivity index (χ0n) is 12.5. The zero-order valence-corrected chi connectivity index (χ0v) is 12.5. The van der Waals surface area contributed by atoms with Crippen LogP contribution in [0.15, 0.2) is 18.2 Å². The lowest BCUT2D eigenvalue weighted by Gasteiger charge is -2.11. The number of hydrogen-bond donors (Lipinski definition) is 2. The second-order valence-electron chi connectivity index (χ2n) is 5.67. The first-order valence-corrected chi connectivity index (χ1v) is 6.58. The number of benzene rings is 1. The van der Waals surface area contributed by atoms with Gasteiger partial charge in [0.2, 0.25) is 5.91 Å². The van der Waals surface area contributed by atoms with Gasteiger partial charge in [0.25, 0.3) is 0 Å². The highest BCUT2D eigenvalue weighted by Gasteiger charge is 2.65. The Morgan fingerprint density at radius 1 is 1.14 bits per heavy atom. The molecule has 0 radical (unpaired) electrons. The molecular weight excluding hydrogens is 274 g/mol. The molecule has 6 heteroatoms. The summed E-state index contributed by atoms with van der Waals surface area (Å²) in [6, 6.07) is 5.01. The molecule has 0 spiro atoms. The van der Waals surface area contributed by atoms with Crippen LogP contribution in [0.3, 0.4) is 0 Å². The van der Waals surface area contributed by atoms with Crippen molar-refractivity contribution in [1.82, 2.24) is 0 Å². The van der Waals surface area contributed by atoms with Crippen LogP contribution < -0.4 is 14.8 Å². The number of rotatable bonds is 5. The third-order valence-corrected chi connectivity index (χ3v) is 4.03. The zero-order chi connectivity index (χ0) is 15.8. The predicted octanol–water partition coefficient (Wildman–Crippen LogP) is 2.00. The van der Waals surface area contributed by atoms with Gasteiger partial charge in [-0.3, -0.25) is 9.59 Å². The van der Waals surface area contributed by atoms with E-state index in [0.29, 0.717) is 17.2 Å². The molecular formula is C15H19NO5. The van der Waals surface area contributed by atoms with Gasteiger partial charge in [0.05, 0.1) is 26.1 Å². The molecule has 0 saturated heterocycles. The van der Waals surface area contributed by atoms with E-state index in [4.69, 9.17) is 14.6 Å². The maximum atomic E-state index is 12.2. The van der Waals surface area contributed by atoms with Crippen LogP contribution in [0.2, 0.25) is 0 Å². The highest BCUT2D eigenvalue weighted by atomic mass is 16.5. The summed E-state index contributed by atoms with van der Waals surface area (Å²) >= 11 is 0. The van der Waals surface area contributed by atoms with Crippen molar-refractivity contribution < 1.29 is 24.2 Å². The van der Waals surface area contributed by atoms with Crippen molar-refractivity contribution in [3.05, 3.63) is 18.2 Å². The van der Waals surface area contributed by atoms with Crippen LogP contribution in [-0.4, -0.2) is 31.2 Å². The molecule has 114 valence electrons. The highest BCUT2D eigenvalue weighted by Crippen LogP contribution is 2.58. The second-order valence-corrected chi connectivity index (χ2v) is 5.67. The maximum absolute atomic E-state index is 12.2. The van der Waals surface area contributed by atoms with Crippen molar-refractivity contribution >= 4 is 17.6 Å². The van der Waals surface area contributed by atoms with Crippen molar-refractivity contribution in [3.8, 4) is 11.5 Å². The van der Waals surface area contributed by atoms with Crippen molar-refractivity contribution in [2.45, 2.75) is 13.8 Å². The second kappa shape index (κ2) is 5.27. The molecule has 1 fully saturated rings. The number of aliphatic carboxylic acids is 1. The van der Waals surface area contributed by atoms with Crippen LogP contribution in [0.1, 0.15) is 13.8 Å². The Bertz CT molecular complexity index is 581. The van der Waals surface area contributed by atoms with E-state index >= 15 is 0 Å². The number of ether oxygens (including phenoxy) is 2. The van der Waals surface area contributed by atoms with Crippen LogP contribution in [0.25, 0.3) is 0 Å². The molecule has 1 aromatic rings. The van der Waals surface area contributed by atoms with Gasteiger partial charge in [0, 0.05) is 11.8 Å². The van der Waals surface area contributed by atoms with Gasteiger partial charge in [0.15, 0.2) is 11.5 Å². The number of hydrogen-bond acceptors (Lipinski definition) is 4. The number of nitrogens with one attached hydrogen (secondary N) is 1. The van der Waals surface area contributed by atoms with Gasteiger partial charge in [-0.05, 0) is 17.5 Å². The molecule has 1 aliphatic carbocycles. The minimum absolute atomic E-state index is 0.292. The van der Waals surface area contributed by atoms with Crippen molar-refractivity contribution in [1.29, 1.82) is 0 Å². The first kappa shape index (κ1) is 15.2. The van der Waals surface area contributed by atoms with Crippen molar-refractivity contribution in [2.75, 3.05) is 19.5 Å². The largest absolute Gasteiger partial charge is 0.493 e. The number of carbonyl (C=O) groups excluding carboxylic acids is 1. The average molecular weight is 293 g/mol. The normalized spacial score (nSPS) is 22.3. The Morgan fingerprint density at radius 2 is 1.76 bits per heavy atom. The summed E-state index contributed by atoms with van der Waals surface area (Å²) in [5.41, 5.74) is 0.0245. The van der Waals surface area contributed by atoms with Gasteiger partial charge in [0.1, 0.15) is 0 Å². The molecule has 0 bridgehead atoms. The molecule has 1 aliphatic rings. The maximum Gasteiger partial charge on any atom is 0.307 e. The van der Waals surface area contributed by atoms with Gasteiger partial charge in [-0.25, -0.2) is 0 Å². The summed E-state index contributed by atoms with van der Waals surface area (Å²) in [6.45, 7) is 3.56. The fourth-order valence-electron chi connectivity index (χ4n) is 2.72. The van der Waals surface area contributed by atoms with Crippen LogP contribution in [0.4, 0.5) is 5.69 Å². The minimum Gasteiger partial charge on any atom is -0.493 e. The molecule has 1 aromatic carbocycles. The third-order valence-electron chi connectivity index (χ3n) is 4.03. The lowest BCUT2D eigenvalue weighted by atomic mass is 10.1. The minimum atomic E-state index is -0.938. The number of amides is 1. The predicted molar refractivity (Wildman–Crippen MR) is 76.6 cm³/mol. The number of carboxylic acid groups (broad SMARTS) is 1. The van der Waals surface area contributed by atoms with Crippen LogP contribution in [-0.2, 0) is 9.59 Å². The summed E-state index contributed by atoms with van der Waals surface area (Å²) in [5, 5.41) is 11.8. The van der Waals surface area contributed by atoms with E-state index in [1.807, 2.05) is 0 Å². The quantitative estimate of drug-likeness (QED) is 0.867. The SMILES string of the molecule is COc1ccc(NC(=O)[C@@H]2[C@H](C(=O)O)C2(C)C)cc1OC. The van der Waals surface area contributed by atoms with E-state index in [1.54, 1.807) is 32.0 Å². The van der Waals surface area contributed by atoms with Crippen LogP contribution >= 0.6 is 0 Å². The molecule has 0 aromatic heterocycles. The number of carboxylic acids is 1. The summed E-state index contributed by atoms with van der Waals surface area (Å²) in [5.74, 6) is -1.33. The Labute approximate surface area is 123 Å². The van der Waals surface area contributed by atoms with Crippen LogP contribution in [0.5, 0.6) is 11.5 Å². The van der Waals surface area contributed by atoms with E-state index in [0.717, 1.165) is 0 Å². The Morgan fingerprint density at radius 3 is 2.24 bits per heavy atom. The lowest BCUT2D eigenvalue weighted by Crippen LogP contribution is -2.17. The lowest BCUT2D eigenvalue weighted by molar-refractivity contribution is -0.140. The van der Waals surface area contributed by atoms with Crippen LogP contribution in [0, 0.1) is 17.3 Å². The van der Waals surface area contributed by atoms with E-state index in [2.05, 4.69) is 5.32 Å². The van der Waals surface area contributed by atoms with E-state index < -0.39 is 23.2 Å². The van der Waals surface area contributed by atoms with Gasteiger partial charge in [-0.1, -0.05) is 13.8 Å². The Balaban J connectivity index is 2.13. The van der Waals surface area contributed by atoms with Gasteiger partial charge >= 0.3 is 5.97 Å². The first-order valence-electron chi connectivity index (χ1n) is 6.58. The Hall–Kier alpha value is -2.24. The molecule has 1 amide bonds. The standard InChI is InChI=1S/C15H19NO5/c1-15(2)11(12(15)14(18)19)13(17)16-8-5-6-9(20-3)10(7-8)21-4/h5-7,11-12H,1-4H3,(H,16,17)(H,18,19)/t11-,12+/m0/s1. The molecule has 1 saturated carbocycles. The fourth-order valence-corrected chi connectivity index (χ4v) is 2.72. The molecule has 2 atom stereocenters. The van der Waals surface area contributed by atoms with Gasteiger partial charge in [-0.15, -0.1) is 0 Å². The van der Waals surface area contributed by atoms with E-state index in [-0.39, 0.29) is 5.91 Å². The topological polar surface area (TPSA) is 84.9 Å².